The summed E-state index contributed by atoms with van der Waals surface area (Å²) < 4.78 is 0. The molecule has 2 amide bonds. The maximum atomic E-state index is 13.7. The predicted octanol–water partition coefficient (Wildman–Crippen LogP) is 4.66. The van der Waals surface area contributed by atoms with Crippen LogP contribution in [0.3, 0.4) is 0 Å². The number of fused-ring (bicyclic) bond motifs is 2. The van der Waals surface area contributed by atoms with Gasteiger partial charge in [-0.25, -0.2) is 0 Å². The molecule has 4 N–H and O–H groups in total. The monoisotopic (exact) mass is 486 g/mol. The van der Waals surface area contributed by atoms with Gasteiger partial charge < -0.3 is 20.9 Å². The lowest BCUT2D eigenvalue weighted by molar-refractivity contribution is 0.0815. The number of anilines is 2. The van der Waals surface area contributed by atoms with Crippen molar-refractivity contribution in [2.75, 3.05) is 17.6 Å². The zero-order chi connectivity index (χ0) is 25.3. The molecule has 1 saturated heterocycles. The van der Waals surface area contributed by atoms with E-state index in [1.165, 1.54) is 0 Å². The largest absolute Gasteiger partial charge is 0.399 e. The fraction of sp³-hybridized carbons (Fsp3) is 0.100. The molecule has 0 unspecified atom stereocenters. The Morgan fingerprint density at radius 3 is 2.62 bits per heavy atom. The Kier molecular flexibility index (Phi) is 4.36. The highest BCUT2D eigenvalue weighted by molar-refractivity contribution is 6.10. The summed E-state index contributed by atoms with van der Waals surface area (Å²) in [5.41, 5.74) is 10.6. The third kappa shape index (κ3) is 3.04. The van der Waals surface area contributed by atoms with Crippen molar-refractivity contribution in [1.82, 2.24) is 9.88 Å². The van der Waals surface area contributed by atoms with Crippen LogP contribution in [0.5, 0.6) is 0 Å². The molecule has 180 valence electrons. The SMILES string of the molecule is Nc1ccc(C(=O)Nc2ccc3[nH]c(C(=O)N4C[C@H]5C=C[C@@]56C4=CC(=O)c4ccccc46)cc3c2)cc1. The second kappa shape index (κ2) is 7.54. The molecule has 1 spiro atoms. The third-order valence-corrected chi connectivity index (χ3v) is 7.70. The molecule has 7 heteroatoms. The highest BCUT2D eigenvalue weighted by Crippen LogP contribution is 2.57. The van der Waals surface area contributed by atoms with E-state index in [2.05, 4.69) is 22.5 Å². The van der Waals surface area contributed by atoms with Crippen molar-refractivity contribution in [3.63, 3.8) is 0 Å². The molecule has 4 aromatic rings. The molecule has 1 aromatic heterocycles. The number of aromatic nitrogens is 1. The highest BCUT2D eigenvalue weighted by atomic mass is 16.2. The number of hydrogen-bond donors (Lipinski definition) is 3. The number of benzene rings is 3. The summed E-state index contributed by atoms with van der Waals surface area (Å²) in [6.07, 6.45) is 5.86. The number of nitrogens with one attached hydrogen (secondary N) is 2. The fourth-order valence-electron chi connectivity index (χ4n) is 5.81. The van der Waals surface area contributed by atoms with Crippen molar-refractivity contribution in [3.05, 3.63) is 119 Å². The number of nitrogens with two attached hydrogens (primary N) is 1. The number of allylic oxidation sites excluding steroid dienone is 2. The van der Waals surface area contributed by atoms with Gasteiger partial charge >= 0.3 is 0 Å². The van der Waals surface area contributed by atoms with Crippen LogP contribution in [0.4, 0.5) is 11.4 Å². The Labute approximate surface area is 212 Å². The van der Waals surface area contributed by atoms with E-state index in [-0.39, 0.29) is 23.5 Å². The summed E-state index contributed by atoms with van der Waals surface area (Å²) in [6.45, 7) is 0.515. The number of H-pyrrole nitrogens is 1. The van der Waals surface area contributed by atoms with Gasteiger partial charge in [0.15, 0.2) is 5.78 Å². The standard InChI is InChI=1S/C30H22N4O3/c31-20-7-5-17(6-8-20)28(36)32-21-9-10-24-18(13-21)14-25(33-24)29(37)34-16-19-11-12-30(19)23-4-2-1-3-22(23)26(35)15-27(30)34/h1-15,19,33H,16,31H2,(H,32,36)/t19-,30-/m1/s1. The minimum absolute atomic E-state index is 0.0758. The van der Waals surface area contributed by atoms with Crippen LogP contribution >= 0.6 is 0 Å². The van der Waals surface area contributed by atoms with Gasteiger partial charge in [0, 0.05) is 57.6 Å². The highest BCUT2D eigenvalue weighted by Gasteiger charge is 2.57. The van der Waals surface area contributed by atoms with Crippen molar-refractivity contribution < 1.29 is 14.4 Å². The first-order chi connectivity index (χ1) is 17.9. The maximum absolute atomic E-state index is 13.7. The van der Waals surface area contributed by atoms with Gasteiger partial charge in [-0.15, -0.1) is 0 Å². The molecule has 1 fully saturated rings. The summed E-state index contributed by atoms with van der Waals surface area (Å²) in [7, 11) is 0. The van der Waals surface area contributed by atoms with E-state index in [1.807, 2.05) is 36.4 Å². The Morgan fingerprint density at radius 1 is 1.03 bits per heavy atom. The summed E-state index contributed by atoms with van der Waals surface area (Å²) in [4.78, 5) is 44.2. The topological polar surface area (TPSA) is 108 Å². The molecule has 2 atom stereocenters. The molecule has 2 aliphatic carbocycles. The molecule has 37 heavy (non-hydrogen) atoms. The van der Waals surface area contributed by atoms with Crippen LogP contribution in [0, 0.1) is 5.92 Å². The average Bonchev–Trinajstić information content (AvgIpc) is 3.41. The van der Waals surface area contributed by atoms with E-state index in [0.717, 1.165) is 22.2 Å². The molecule has 1 aliphatic heterocycles. The number of aromatic amines is 1. The second-order valence-electron chi connectivity index (χ2n) is 9.75. The Balaban J connectivity index is 1.18. The third-order valence-electron chi connectivity index (χ3n) is 7.70. The average molecular weight is 487 g/mol. The Bertz CT molecular complexity index is 1710. The number of carbonyl (C=O) groups is 3. The first-order valence-electron chi connectivity index (χ1n) is 12.1. The summed E-state index contributed by atoms with van der Waals surface area (Å²) >= 11 is 0. The minimum Gasteiger partial charge on any atom is -0.399 e. The first-order valence-corrected chi connectivity index (χ1v) is 12.1. The van der Waals surface area contributed by atoms with Gasteiger partial charge in [-0.1, -0.05) is 36.4 Å². The molecule has 7 nitrogen and oxygen atoms in total. The molecule has 0 bridgehead atoms. The Morgan fingerprint density at radius 2 is 1.84 bits per heavy atom. The lowest BCUT2D eigenvalue weighted by Gasteiger charge is -2.41. The van der Waals surface area contributed by atoms with E-state index in [0.29, 0.717) is 34.7 Å². The van der Waals surface area contributed by atoms with Gasteiger partial charge in [-0.3, -0.25) is 14.4 Å². The van der Waals surface area contributed by atoms with Crippen LogP contribution in [0.1, 0.15) is 36.8 Å². The van der Waals surface area contributed by atoms with E-state index in [9.17, 15) is 14.4 Å². The summed E-state index contributed by atoms with van der Waals surface area (Å²) in [5.74, 6) is -0.368. The molecular formula is C30H22N4O3. The van der Waals surface area contributed by atoms with E-state index in [1.54, 1.807) is 47.4 Å². The summed E-state index contributed by atoms with van der Waals surface area (Å²) in [5, 5.41) is 3.69. The molecule has 3 aromatic carbocycles. The number of carbonyl (C=O) groups excluding carboxylic acids is 3. The van der Waals surface area contributed by atoms with Crippen LogP contribution in [-0.4, -0.2) is 34.0 Å². The van der Waals surface area contributed by atoms with Crippen LogP contribution in [0.2, 0.25) is 0 Å². The van der Waals surface area contributed by atoms with Gasteiger partial charge in [0.2, 0.25) is 0 Å². The van der Waals surface area contributed by atoms with Gasteiger partial charge in [-0.2, -0.15) is 0 Å². The van der Waals surface area contributed by atoms with Gasteiger partial charge in [0.1, 0.15) is 5.69 Å². The van der Waals surface area contributed by atoms with Gasteiger partial charge in [-0.05, 0) is 54.1 Å². The Hall–Kier alpha value is -4.91. The normalized spacial score (nSPS) is 21.1. The second-order valence-corrected chi connectivity index (χ2v) is 9.75. The van der Waals surface area contributed by atoms with Crippen LogP contribution in [0.25, 0.3) is 10.9 Å². The predicted molar refractivity (Wildman–Crippen MR) is 141 cm³/mol. The minimum atomic E-state index is -0.425. The van der Waals surface area contributed by atoms with E-state index in [4.69, 9.17) is 5.73 Å². The molecule has 0 saturated carbocycles. The van der Waals surface area contributed by atoms with E-state index < -0.39 is 5.41 Å². The summed E-state index contributed by atoms with van der Waals surface area (Å²) in [6, 6.07) is 21.6. The van der Waals surface area contributed by atoms with Crippen molar-refractivity contribution >= 4 is 39.9 Å². The zero-order valence-corrected chi connectivity index (χ0v) is 19.7. The number of rotatable bonds is 3. The maximum Gasteiger partial charge on any atom is 0.274 e. The number of ketones is 1. The van der Waals surface area contributed by atoms with Crippen molar-refractivity contribution in [2.24, 2.45) is 5.92 Å². The van der Waals surface area contributed by atoms with Crippen LogP contribution < -0.4 is 11.1 Å². The number of hydrogen-bond acceptors (Lipinski definition) is 4. The number of nitrogens with zero attached hydrogens (tertiary/aromatic N) is 1. The van der Waals surface area contributed by atoms with Crippen molar-refractivity contribution in [3.8, 4) is 0 Å². The smallest absolute Gasteiger partial charge is 0.274 e. The number of nitrogen functional groups attached to an aromatic ring is 1. The fourth-order valence-corrected chi connectivity index (χ4v) is 5.81. The molecule has 0 radical (unpaired) electrons. The lowest BCUT2D eigenvalue weighted by Crippen LogP contribution is -2.41. The van der Waals surface area contributed by atoms with Crippen molar-refractivity contribution in [1.29, 1.82) is 0 Å². The first kappa shape index (κ1) is 21.4. The quantitative estimate of drug-likeness (QED) is 0.289. The lowest BCUT2D eigenvalue weighted by atomic mass is 9.60. The zero-order valence-electron chi connectivity index (χ0n) is 19.7. The molecular weight excluding hydrogens is 464 g/mol. The van der Waals surface area contributed by atoms with Crippen molar-refractivity contribution in [2.45, 2.75) is 5.41 Å². The molecule has 3 aliphatic rings. The number of amides is 2. The van der Waals surface area contributed by atoms with Gasteiger partial charge in [0.25, 0.3) is 11.8 Å². The van der Waals surface area contributed by atoms with Gasteiger partial charge in [0.05, 0.1) is 5.41 Å². The molecule has 7 rings (SSSR count). The van der Waals surface area contributed by atoms with Crippen LogP contribution in [-0.2, 0) is 5.41 Å². The van der Waals surface area contributed by atoms with E-state index >= 15 is 0 Å². The van der Waals surface area contributed by atoms with Crippen LogP contribution in [0.15, 0.2) is 96.7 Å². The molecule has 2 heterocycles. The number of likely N-dealkylation sites (tertiary alicyclic amines) is 1.